The molecule has 0 spiro atoms. The molecule has 0 unspecified atom stereocenters. The van der Waals surface area contributed by atoms with Crippen molar-refractivity contribution in [3.8, 4) is 11.5 Å². The van der Waals surface area contributed by atoms with E-state index in [0.29, 0.717) is 17.3 Å². The molecule has 3 rings (SSSR count). The van der Waals surface area contributed by atoms with E-state index in [2.05, 4.69) is 20.5 Å². The Morgan fingerprint density at radius 1 is 1.30 bits per heavy atom. The van der Waals surface area contributed by atoms with Crippen LogP contribution in [0.4, 0.5) is 13.2 Å². The fourth-order valence-corrected chi connectivity index (χ4v) is 2.82. The van der Waals surface area contributed by atoms with E-state index in [-0.39, 0.29) is 6.54 Å². The fourth-order valence-electron chi connectivity index (χ4n) is 2.05. The van der Waals surface area contributed by atoms with Crippen LogP contribution >= 0.6 is 11.3 Å². The van der Waals surface area contributed by atoms with Gasteiger partial charge in [0.15, 0.2) is 11.5 Å². The summed E-state index contributed by atoms with van der Waals surface area (Å²) in [5.74, 6) is 1.46. The van der Waals surface area contributed by atoms with E-state index in [1.165, 1.54) is 0 Å². The Bertz CT molecular complexity index is 790. The summed E-state index contributed by atoms with van der Waals surface area (Å²) >= 11 is 0.982. The van der Waals surface area contributed by atoms with Crippen molar-refractivity contribution < 1.29 is 17.6 Å². The Morgan fingerprint density at radius 2 is 2.13 bits per heavy atom. The first-order chi connectivity index (χ1) is 10.9. The maximum Gasteiger partial charge on any atom is 0.434 e. The Balaban J connectivity index is 1.62. The van der Waals surface area contributed by atoms with Gasteiger partial charge in [-0.1, -0.05) is 0 Å². The summed E-state index contributed by atoms with van der Waals surface area (Å²) < 4.78 is 43.0. The largest absolute Gasteiger partial charge is 0.460 e. The first-order valence-electron chi connectivity index (χ1n) is 6.75. The summed E-state index contributed by atoms with van der Waals surface area (Å²) in [7, 11) is 0. The minimum absolute atomic E-state index is 0.253. The standard InChI is InChI=1S/C14H13F3N4OS/c1-8-2-3-10(22-8)13-9(5-19-21-13)4-18-6-12-20-11(7-23-12)14(15,16)17/h2-3,5,7,18H,4,6H2,1H3,(H,19,21). The van der Waals surface area contributed by atoms with Crippen LogP contribution in [0.15, 0.2) is 28.1 Å². The average Bonchev–Trinajstić information content (AvgIpc) is 3.17. The van der Waals surface area contributed by atoms with Gasteiger partial charge in [0.2, 0.25) is 0 Å². The Hall–Kier alpha value is -2.13. The summed E-state index contributed by atoms with van der Waals surface area (Å²) in [5.41, 5.74) is 0.766. The van der Waals surface area contributed by atoms with E-state index < -0.39 is 11.9 Å². The molecular weight excluding hydrogens is 329 g/mol. The highest BCUT2D eigenvalue weighted by Crippen LogP contribution is 2.30. The lowest BCUT2D eigenvalue weighted by molar-refractivity contribution is -0.140. The van der Waals surface area contributed by atoms with Gasteiger partial charge in [0.1, 0.15) is 16.5 Å². The molecule has 0 radical (unpaired) electrons. The van der Waals surface area contributed by atoms with Crippen molar-refractivity contribution in [1.29, 1.82) is 0 Å². The van der Waals surface area contributed by atoms with Crippen molar-refractivity contribution in [2.24, 2.45) is 0 Å². The number of hydrogen-bond donors (Lipinski definition) is 2. The van der Waals surface area contributed by atoms with E-state index in [4.69, 9.17) is 4.42 Å². The van der Waals surface area contributed by atoms with Crippen molar-refractivity contribution in [1.82, 2.24) is 20.5 Å². The van der Waals surface area contributed by atoms with E-state index in [1.807, 2.05) is 19.1 Å². The van der Waals surface area contributed by atoms with Gasteiger partial charge in [-0.25, -0.2) is 4.98 Å². The van der Waals surface area contributed by atoms with Gasteiger partial charge in [0.25, 0.3) is 0 Å². The molecule has 23 heavy (non-hydrogen) atoms. The maximum atomic E-state index is 12.5. The summed E-state index contributed by atoms with van der Waals surface area (Å²) in [5, 5.41) is 11.3. The van der Waals surface area contributed by atoms with E-state index >= 15 is 0 Å². The van der Waals surface area contributed by atoms with Crippen LogP contribution in [0.3, 0.4) is 0 Å². The zero-order valence-electron chi connectivity index (χ0n) is 12.1. The quantitative estimate of drug-likeness (QED) is 0.741. The normalized spacial score (nSPS) is 12.0. The lowest BCUT2D eigenvalue weighted by Gasteiger charge is -2.03. The predicted octanol–water partition coefficient (Wildman–Crippen LogP) is 3.74. The molecule has 0 fully saturated rings. The van der Waals surface area contributed by atoms with Crippen molar-refractivity contribution in [3.63, 3.8) is 0 Å². The molecule has 0 aliphatic rings. The molecule has 0 atom stereocenters. The van der Waals surface area contributed by atoms with Gasteiger partial charge in [-0.2, -0.15) is 18.3 Å². The maximum absolute atomic E-state index is 12.5. The molecule has 0 aliphatic heterocycles. The third kappa shape index (κ3) is 3.62. The summed E-state index contributed by atoms with van der Waals surface area (Å²) in [6.07, 6.45) is -2.74. The van der Waals surface area contributed by atoms with Crippen LogP contribution < -0.4 is 5.32 Å². The number of hydrogen-bond acceptors (Lipinski definition) is 5. The molecule has 0 aliphatic carbocycles. The highest BCUT2D eigenvalue weighted by Gasteiger charge is 2.33. The molecule has 122 valence electrons. The van der Waals surface area contributed by atoms with Gasteiger partial charge < -0.3 is 9.73 Å². The molecule has 0 aromatic carbocycles. The zero-order valence-corrected chi connectivity index (χ0v) is 12.9. The van der Waals surface area contributed by atoms with Gasteiger partial charge in [0, 0.05) is 24.0 Å². The van der Waals surface area contributed by atoms with Crippen LogP contribution in [0.5, 0.6) is 0 Å². The first-order valence-corrected chi connectivity index (χ1v) is 7.63. The molecule has 9 heteroatoms. The summed E-state index contributed by atoms with van der Waals surface area (Å²) in [6.45, 7) is 2.54. The summed E-state index contributed by atoms with van der Waals surface area (Å²) in [4.78, 5) is 3.57. The predicted molar refractivity (Wildman–Crippen MR) is 78.7 cm³/mol. The van der Waals surface area contributed by atoms with Gasteiger partial charge in [0.05, 0.1) is 6.20 Å². The van der Waals surface area contributed by atoms with Crippen molar-refractivity contribution >= 4 is 11.3 Å². The third-order valence-corrected chi connectivity index (χ3v) is 3.99. The molecule has 3 heterocycles. The monoisotopic (exact) mass is 342 g/mol. The van der Waals surface area contributed by atoms with Crippen molar-refractivity contribution in [2.45, 2.75) is 26.2 Å². The Labute approximate surface area is 133 Å². The van der Waals surface area contributed by atoms with E-state index in [0.717, 1.165) is 33.7 Å². The van der Waals surface area contributed by atoms with E-state index in [1.54, 1.807) is 6.20 Å². The number of aromatic nitrogens is 3. The minimum Gasteiger partial charge on any atom is -0.460 e. The lowest BCUT2D eigenvalue weighted by atomic mass is 10.2. The lowest BCUT2D eigenvalue weighted by Crippen LogP contribution is -2.13. The smallest absolute Gasteiger partial charge is 0.434 e. The number of nitrogens with one attached hydrogen (secondary N) is 2. The molecule has 0 bridgehead atoms. The number of H-pyrrole nitrogens is 1. The van der Waals surface area contributed by atoms with Gasteiger partial charge in [-0.05, 0) is 19.1 Å². The SMILES string of the molecule is Cc1ccc(-c2[nH]ncc2CNCc2nc(C(F)(F)F)cs2)o1. The number of halogens is 3. The number of furan rings is 1. The number of alkyl halides is 3. The highest BCUT2D eigenvalue weighted by molar-refractivity contribution is 7.09. The van der Waals surface area contributed by atoms with Gasteiger partial charge in [-0.15, -0.1) is 11.3 Å². The van der Waals surface area contributed by atoms with Crippen LogP contribution in [0.25, 0.3) is 11.5 Å². The number of thiazole rings is 1. The van der Waals surface area contributed by atoms with Crippen molar-refractivity contribution in [3.05, 3.63) is 45.7 Å². The third-order valence-electron chi connectivity index (χ3n) is 3.14. The van der Waals surface area contributed by atoms with Crippen LogP contribution in [-0.2, 0) is 19.3 Å². The topological polar surface area (TPSA) is 66.7 Å². The van der Waals surface area contributed by atoms with Crippen molar-refractivity contribution in [2.75, 3.05) is 0 Å². The molecule has 0 amide bonds. The number of rotatable bonds is 5. The minimum atomic E-state index is -4.40. The molecule has 0 saturated heterocycles. The molecule has 2 N–H and O–H groups in total. The molecule has 5 nitrogen and oxygen atoms in total. The second-order valence-corrected chi connectivity index (χ2v) is 5.85. The van der Waals surface area contributed by atoms with E-state index in [9.17, 15) is 13.2 Å². The van der Waals surface area contributed by atoms with Crippen LogP contribution in [0.1, 0.15) is 22.0 Å². The number of aromatic amines is 1. The van der Waals surface area contributed by atoms with Gasteiger partial charge >= 0.3 is 6.18 Å². The fraction of sp³-hybridized carbons (Fsp3) is 0.286. The Morgan fingerprint density at radius 3 is 2.78 bits per heavy atom. The molecular formula is C14H13F3N4OS. The number of aryl methyl sites for hydroxylation is 1. The number of nitrogens with zero attached hydrogens (tertiary/aromatic N) is 2. The second kappa shape index (κ2) is 6.17. The van der Waals surface area contributed by atoms with Crippen LogP contribution in [-0.4, -0.2) is 15.2 Å². The van der Waals surface area contributed by atoms with Crippen LogP contribution in [0, 0.1) is 6.92 Å². The first kappa shape index (κ1) is 15.8. The zero-order chi connectivity index (χ0) is 16.4. The second-order valence-electron chi connectivity index (χ2n) is 4.91. The molecule has 0 saturated carbocycles. The molecule has 3 aromatic heterocycles. The highest BCUT2D eigenvalue weighted by atomic mass is 32.1. The van der Waals surface area contributed by atoms with Gasteiger partial charge in [-0.3, -0.25) is 5.10 Å². The average molecular weight is 342 g/mol. The van der Waals surface area contributed by atoms with Crippen LogP contribution in [0.2, 0.25) is 0 Å². The summed E-state index contributed by atoms with van der Waals surface area (Å²) in [6, 6.07) is 3.68. The Kier molecular flexibility index (Phi) is 4.22. The molecule has 3 aromatic rings.